The Morgan fingerprint density at radius 2 is 2.17 bits per heavy atom. The number of hydrogen-bond acceptors (Lipinski definition) is 3. The third-order valence-electron chi connectivity index (χ3n) is 3.98. The van der Waals surface area contributed by atoms with E-state index < -0.39 is 11.4 Å². The first-order chi connectivity index (χ1) is 8.55. The van der Waals surface area contributed by atoms with E-state index in [-0.39, 0.29) is 0 Å². The number of imidazole rings is 1. The molecule has 0 bridgehead atoms. The molecule has 1 aromatic rings. The van der Waals surface area contributed by atoms with Crippen LogP contribution in [0.2, 0.25) is 0 Å². The fourth-order valence-electron chi connectivity index (χ4n) is 2.40. The van der Waals surface area contributed by atoms with E-state index in [4.69, 9.17) is 0 Å². The van der Waals surface area contributed by atoms with Gasteiger partial charge in [-0.1, -0.05) is 0 Å². The second-order valence-corrected chi connectivity index (χ2v) is 5.27. The Bertz CT molecular complexity index is 420. The standard InChI is InChI=1S/C13H21N3O2/c1-3-16-9-6-14-11(16)10-15-7-4-13(2,5-8-15)12(17)18/h6,9H,3-5,7-8,10H2,1-2H3,(H,17,18). The predicted octanol–water partition coefficient (Wildman–Crippen LogP) is 1.59. The van der Waals surface area contributed by atoms with Crippen molar-refractivity contribution in [1.29, 1.82) is 0 Å². The maximum atomic E-state index is 11.2. The lowest BCUT2D eigenvalue weighted by Gasteiger charge is -2.36. The van der Waals surface area contributed by atoms with Gasteiger partial charge in [0.2, 0.25) is 0 Å². The number of likely N-dealkylation sites (tertiary alicyclic amines) is 1. The average molecular weight is 251 g/mol. The van der Waals surface area contributed by atoms with Crippen molar-refractivity contribution in [3.8, 4) is 0 Å². The number of piperidine rings is 1. The van der Waals surface area contributed by atoms with Crippen molar-refractivity contribution < 1.29 is 9.90 Å². The topological polar surface area (TPSA) is 58.4 Å². The first-order valence-electron chi connectivity index (χ1n) is 6.51. The first kappa shape index (κ1) is 13.1. The molecule has 0 atom stereocenters. The quantitative estimate of drug-likeness (QED) is 0.883. The van der Waals surface area contributed by atoms with Gasteiger partial charge in [0, 0.05) is 18.9 Å². The van der Waals surface area contributed by atoms with Crippen LogP contribution in [0.1, 0.15) is 32.5 Å². The Balaban J connectivity index is 1.93. The molecule has 1 aromatic heterocycles. The zero-order valence-corrected chi connectivity index (χ0v) is 11.1. The second-order valence-electron chi connectivity index (χ2n) is 5.27. The Kier molecular flexibility index (Phi) is 3.71. The lowest BCUT2D eigenvalue weighted by atomic mass is 9.80. The van der Waals surface area contributed by atoms with Crippen LogP contribution >= 0.6 is 0 Å². The number of hydrogen-bond donors (Lipinski definition) is 1. The van der Waals surface area contributed by atoms with Crippen LogP contribution in [0.3, 0.4) is 0 Å². The van der Waals surface area contributed by atoms with E-state index in [1.807, 2.05) is 19.3 Å². The maximum Gasteiger partial charge on any atom is 0.309 e. The summed E-state index contributed by atoms with van der Waals surface area (Å²) < 4.78 is 2.13. The van der Waals surface area contributed by atoms with Gasteiger partial charge in [0.25, 0.3) is 0 Å². The van der Waals surface area contributed by atoms with Crippen LogP contribution < -0.4 is 0 Å². The monoisotopic (exact) mass is 251 g/mol. The van der Waals surface area contributed by atoms with E-state index in [1.165, 1.54) is 0 Å². The van der Waals surface area contributed by atoms with Crippen LogP contribution in [0.25, 0.3) is 0 Å². The summed E-state index contributed by atoms with van der Waals surface area (Å²) in [5.74, 6) is 0.397. The zero-order chi connectivity index (χ0) is 13.2. The molecule has 1 fully saturated rings. The highest BCUT2D eigenvalue weighted by atomic mass is 16.4. The molecule has 5 heteroatoms. The van der Waals surface area contributed by atoms with E-state index in [0.717, 1.165) is 44.8 Å². The van der Waals surface area contributed by atoms with Crippen LogP contribution in [0.4, 0.5) is 0 Å². The number of aliphatic carboxylic acids is 1. The summed E-state index contributed by atoms with van der Waals surface area (Å²) >= 11 is 0. The van der Waals surface area contributed by atoms with Gasteiger partial charge >= 0.3 is 5.97 Å². The fraction of sp³-hybridized carbons (Fsp3) is 0.692. The minimum atomic E-state index is -0.669. The van der Waals surface area contributed by atoms with E-state index in [2.05, 4.69) is 21.4 Å². The van der Waals surface area contributed by atoms with Gasteiger partial charge in [0.15, 0.2) is 0 Å². The Labute approximate surface area is 107 Å². The molecule has 1 N–H and O–H groups in total. The average Bonchev–Trinajstić information content (AvgIpc) is 2.79. The van der Waals surface area contributed by atoms with Crippen molar-refractivity contribution in [3.05, 3.63) is 18.2 Å². The lowest BCUT2D eigenvalue weighted by molar-refractivity contribution is -0.150. The third-order valence-corrected chi connectivity index (χ3v) is 3.98. The van der Waals surface area contributed by atoms with Crippen molar-refractivity contribution >= 4 is 5.97 Å². The molecule has 2 rings (SSSR count). The summed E-state index contributed by atoms with van der Waals surface area (Å²) in [6.45, 7) is 7.36. The van der Waals surface area contributed by atoms with Crippen molar-refractivity contribution in [2.24, 2.45) is 5.41 Å². The molecule has 0 unspecified atom stereocenters. The molecule has 0 amide bonds. The number of carbonyl (C=O) groups is 1. The number of carboxylic acids is 1. The largest absolute Gasteiger partial charge is 0.481 e. The second kappa shape index (κ2) is 5.10. The Morgan fingerprint density at radius 3 is 2.72 bits per heavy atom. The smallest absolute Gasteiger partial charge is 0.309 e. The molecule has 0 spiro atoms. The highest BCUT2D eigenvalue weighted by molar-refractivity contribution is 5.74. The van der Waals surface area contributed by atoms with Gasteiger partial charge in [0.1, 0.15) is 5.82 Å². The molecular formula is C13H21N3O2. The molecule has 5 nitrogen and oxygen atoms in total. The predicted molar refractivity (Wildman–Crippen MR) is 68.2 cm³/mol. The summed E-state index contributed by atoms with van der Waals surface area (Å²) in [5, 5.41) is 9.19. The van der Waals surface area contributed by atoms with Gasteiger partial charge in [-0.3, -0.25) is 9.69 Å². The van der Waals surface area contributed by atoms with Crippen LogP contribution in [-0.4, -0.2) is 38.6 Å². The van der Waals surface area contributed by atoms with E-state index >= 15 is 0 Å². The third kappa shape index (κ3) is 2.56. The van der Waals surface area contributed by atoms with Crippen molar-refractivity contribution in [3.63, 3.8) is 0 Å². The van der Waals surface area contributed by atoms with Gasteiger partial charge in [-0.15, -0.1) is 0 Å². The number of nitrogens with zero attached hydrogens (tertiary/aromatic N) is 3. The first-order valence-corrected chi connectivity index (χ1v) is 6.51. The van der Waals surface area contributed by atoms with Gasteiger partial charge < -0.3 is 9.67 Å². The van der Waals surface area contributed by atoms with Gasteiger partial charge in [-0.05, 0) is 39.8 Å². The number of aryl methyl sites for hydroxylation is 1. The summed E-state index contributed by atoms with van der Waals surface area (Å²) in [7, 11) is 0. The van der Waals surface area contributed by atoms with Gasteiger partial charge in [-0.2, -0.15) is 0 Å². The molecule has 2 heterocycles. The van der Waals surface area contributed by atoms with Crippen LogP contribution in [0.5, 0.6) is 0 Å². The zero-order valence-electron chi connectivity index (χ0n) is 11.1. The van der Waals surface area contributed by atoms with Crippen molar-refractivity contribution in [1.82, 2.24) is 14.5 Å². The normalized spacial score (nSPS) is 19.9. The molecule has 0 radical (unpaired) electrons. The minimum absolute atomic E-state index is 0.545. The molecule has 1 aliphatic rings. The Morgan fingerprint density at radius 1 is 1.50 bits per heavy atom. The van der Waals surface area contributed by atoms with Crippen LogP contribution in [0.15, 0.2) is 12.4 Å². The fourth-order valence-corrected chi connectivity index (χ4v) is 2.40. The minimum Gasteiger partial charge on any atom is -0.481 e. The van der Waals surface area contributed by atoms with E-state index in [1.54, 1.807) is 0 Å². The lowest BCUT2D eigenvalue weighted by Crippen LogP contribution is -2.42. The van der Waals surface area contributed by atoms with Crippen LogP contribution in [-0.2, 0) is 17.9 Å². The van der Waals surface area contributed by atoms with Crippen molar-refractivity contribution in [2.75, 3.05) is 13.1 Å². The van der Waals surface area contributed by atoms with E-state index in [0.29, 0.717) is 0 Å². The summed E-state index contributed by atoms with van der Waals surface area (Å²) in [6, 6.07) is 0. The van der Waals surface area contributed by atoms with Crippen LogP contribution in [0, 0.1) is 5.41 Å². The molecule has 1 saturated heterocycles. The van der Waals surface area contributed by atoms with E-state index in [9.17, 15) is 9.90 Å². The molecule has 0 saturated carbocycles. The van der Waals surface area contributed by atoms with Gasteiger partial charge in [-0.25, -0.2) is 4.98 Å². The molecular weight excluding hydrogens is 230 g/mol. The Hall–Kier alpha value is -1.36. The maximum absolute atomic E-state index is 11.2. The summed E-state index contributed by atoms with van der Waals surface area (Å²) in [5.41, 5.74) is -0.545. The number of carboxylic acid groups (broad SMARTS) is 1. The number of aromatic nitrogens is 2. The van der Waals surface area contributed by atoms with Crippen molar-refractivity contribution in [2.45, 2.75) is 39.8 Å². The molecule has 0 aromatic carbocycles. The highest BCUT2D eigenvalue weighted by Crippen LogP contribution is 2.31. The summed E-state index contributed by atoms with van der Waals surface area (Å²) in [6.07, 6.45) is 5.25. The molecule has 18 heavy (non-hydrogen) atoms. The SMILES string of the molecule is CCn1ccnc1CN1CCC(C)(C(=O)O)CC1. The van der Waals surface area contributed by atoms with Gasteiger partial charge in [0.05, 0.1) is 12.0 Å². The molecule has 0 aliphatic carbocycles. The number of rotatable bonds is 4. The molecule has 100 valence electrons. The highest BCUT2D eigenvalue weighted by Gasteiger charge is 2.36. The summed E-state index contributed by atoms with van der Waals surface area (Å²) in [4.78, 5) is 17.8. The molecule has 1 aliphatic heterocycles.